The van der Waals surface area contributed by atoms with Crippen LogP contribution in [0.5, 0.6) is 0 Å². The number of aromatic nitrogens is 2. The van der Waals surface area contributed by atoms with E-state index in [1.165, 1.54) is 5.69 Å². The van der Waals surface area contributed by atoms with E-state index in [-0.39, 0.29) is 0 Å². The molecule has 3 heterocycles. The number of anilines is 2. The van der Waals surface area contributed by atoms with Crippen LogP contribution < -0.4 is 10.2 Å². The van der Waals surface area contributed by atoms with E-state index in [2.05, 4.69) is 59.2 Å². The number of hydrogen-bond acceptors (Lipinski definition) is 4. The van der Waals surface area contributed by atoms with Crippen LogP contribution in [-0.4, -0.2) is 42.7 Å². The van der Waals surface area contributed by atoms with Crippen LogP contribution in [-0.2, 0) is 4.74 Å². The predicted molar refractivity (Wildman–Crippen MR) is 102 cm³/mol. The van der Waals surface area contributed by atoms with Crippen molar-refractivity contribution in [2.75, 3.05) is 37.5 Å². The molecule has 0 unspecified atom stereocenters. The van der Waals surface area contributed by atoms with Crippen LogP contribution in [0.1, 0.15) is 12.8 Å². The smallest absolute Gasteiger partial charge is 0.139 e. The Morgan fingerprint density at radius 1 is 1.20 bits per heavy atom. The average molecular weight is 336 g/mol. The molecule has 0 amide bonds. The maximum absolute atomic E-state index is 5.75. The van der Waals surface area contributed by atoms with Crippen molar-refractivity contribution >= 4 is 17.2 Å². The Morgan fingerprint density at radius 3 is 2.76 bits per heavy atom. The molecule has 1 atom stereocenters. The monoisotopic (exact) mass is 336 g/mol. The van der Waals surface area contributed by atoms with E-state index in [0.29, 0.717) is 6.10 Å². The van der Waals surface area contributed by atoms with E-state index < -0.39 is 0 Å². The summed E-state index contributed by atoms with van der Waals surface area (Å²) < 4.78 is 7.87. The van der Waals surface area contributed by atoms with E-state index >= 15 is 0 Å². The number of pyridine rings is 1. The van der Waals surface area contributed by atoms with Crippen LogP contribution in [0.25, 0.3) is 16.9 Å². The topological polar surface area (TPSA) is 41.8 Å². The summed E-state index contributed by atoms with van der Waals surface area (Å²) in [5, 5.41) is 3.58. The van der Waals surface area contributed by atoms with Crippen molar-refractivity contribution in [3.05, 3.63) is 48.7 Å². The molecule has 1 N–H and O–H groups in total. The average Bonchev–Trinajstić information content (AvgIpc) is 3.27. The Hall–Kier alpha value is -2.53. The molecule has 2 aromatic heterocycles. The van der Waals surface area contributed by atoms with Crippen LogP contribution in [0.15, 0.2) is 48.7 Å². The van der Waals surface area contributed by atoms with Gasteiger partial charge in [-0.25, -0.2) is 4.98 Å². The molecule has 0 saturated carbocycles. The van der Waals surface area contributed by atoms with Crippen molar-refractivity contribution in [1.29, 1.82) is 0 Å². The van der Waals surface area contributed by atoms with E-state index in [1.54, 1.807) is 0 Å². The number of nitrogens with zero attached hydrogens (tertiary/aromatic N) is 3. The third-order valence-electron chi connectivity index (χ3n) is 4.71. The zero-order valence-electron chi connectivity index (χ0n) is 14.8. The van der Waals surface area contributed by atoms with Gasteiger partial charge in [0, 0.05) is 44.7 Å². The van der Waals surface area contributed by atoms with Crippen molar-refractivity contribution in [2.45, 2.75) is 18.9 Å². The standard InChI is InChI=1S/C20H24N4O/c1-23(2)16-10-8-15(9-11-16)19-20(21-14-17-6-5-13-25-17)24-12-4-3-7-18(24)22-19/h3-4,7-12,17,21H,5-6,13-14H2,1-2H3/t17-/m1/s1. The molecule has 4 rings (SSSR count). The highest BCUT2D eigenvalue weighted by molar-refractivity contribution is 5.77. The minimum Gasteiger partial charge on any atom is -0.378 e. The van der Waals surface area contributed by atoms with Gasteiger partial charge < -0.3 is 15.0 Å². The summed E-state index contributed by atoms with van der Waals surface area (Å²) >= 11 is 0. The molecule has 130 valence electrons. The first-order valence-electron chi connectivity index (χ1n) is 8.83. The molecule has 25 heavy (non-hydrogen) atoms. The summed E-state index contributed by atoms with van der Waals surface area (Å²) in [6, 6.07) is 14.6. The van der Waals surface area contributed by atoms with Gasteiger partial charge >= 0.3 is 0 Å². The van der Waals surface area contributed by atoms with Gasteiger partial charge in [-0.2, -0.15) is 0 Å². The summed E-state index contributed by atoms with van der Waals surface area (Å²) in [5.74, 6) is 1.03. The maximum Gasteiger partial charge on any atom is 0.139 e. The first kappa shape index (κ1) is 16.0. The molecule has 1 aliphatic rings. The molecule has 3 aromatic rings. The summed E-state index contributed by atoms with van der Waals surface area (Å²) in [6.07, 6.45) is 4.62. The maximum atomic E-state index is 5.75. The van der Waals surface area contributed by atoms with Gasteiger partial charge in [-0.15, -0.1) is 0 Å². The third-order valence-corrected chi connectivity index (χ3v) is 4.71. The van der Waals surface area contributed by atoms with Crippen LogP contribution >= 0.6 is 0 Å². The molecular formula is C20H24N4O. The molecule has 1 saturated heterocycles. The van der Waals surface area contributed by atoms with Gasteiger partial charge in [0.15, 0.2) is 0 Å². The quantitative estimate of drug-likeness (QED) is 0.772. The van der Waals surface area contributed by atoms with Crippen molar-refractivity contribution < 1.29 is 4.74 Å². The second-order valence-corrected chi connectivity index (χ2v) is 6.70. The van der Waals surface area contributed by atoms with Gasteiger partial charge in [-0.1, -0.05) is 18.2 Å². The molecule has 5 heteroatoms. The fraction of sp³-hybridized carbons (Fsp3) is 0.350. The van der Waals surface area contributed by atoms with Crippen LogP contribution in [0, 0.1) is 0 Å². The summed E-state index contributed by atoms with van der Waals surface area (Å²) in [6.45, 7) is 1.68. The lowest BCUT2D eigenvalue weighted by Gasteiger charge is -2.14. The number of ether oxygens (including phenoxy) is 1. The number of fused-ring (bicyclic) bond motifs is 1. The van der Waals surface area contributed by atoms with E-state index in [9.17, 15) is 0 Å². The van der Waals surface area contributed by atoms with Gasteiger partial charge in [-0.3, -0.25) is 4.40 Å². The molecule has 0 bridgehead atoms. The SMILES string of the molecule is CN(C)c1ccc(-c2nc3ccccn3c2NC[C@H]2CCCO2)cc1. The summed E-state index contributed by atoms with van der Waals surface area (Å²) in [5.41, 5.74) is 4.23. The molecular weight excluding hydrogens is 312 g/mol. The minimum atomic E-state index is 0.290. The summed E-state index contributed by atoms with van der Waals surface area (Å²) in [4.78, 5) is 6.95. The fourth-order valence-corrected chi connectivity index (χ4v) is 3.30. The summed E-state index contributed by atoms with van der Waals surface area (Å²) in [7, 11) is 4.10. The second kappa shape index (κ2) is 6.76. The predicted octanol–water partition coefficient (Wildman–Crippen LogP) is 3.66. The van der Waals surface area contributed by atoms with E-state index in [4.69, 9.17) is 9.72 Å². The lowest BCUT2D eigenvalue weighted by Crippen LogP contribution is -2.19. The molecule has 0 spiro atoms. The molecule has 0 aliphatic carbocycles. The Balaban J connectivity index is 1.70. The van der Waals surface area contributed by atoms with E-state index in [0.717, 1.165) is 48.7 Å². The van der Waals surface area contributed by atoms with Gasteiger partial charge in [-0.05, 0) is 37.1 Å². The van der Waals surface area contributed by atoms with Gasteiger partial charge in [0.1, 0.15) is 17.2 Å². The first-order chi connectivity index (χ1) is 12.2. The highest BCUT2D eigenvalue weighted by Crippen LogP contribution is 2.30. The Bertz CT molecular complexity index is 848. The molecule has 1 aliphatic heterocycles. The second-order valence-electron chi connectivity index (χ2n) is 6.70. The number of imidazole rings is 1. The van der Waals surface area contributed by atoms with Crippen molar-refractivity contribution in [1.82, 2.24) is 9.38 Å². The Kier molecular flexibility index (Phi) is 4.32. The first-order valence-corrected chi connectivity index (χ1v) is 8.83. The normalized spacial score (nSPS) is 17.1. The molecule has 5 nitrogen and oxygen atoms in total. The highest BCUT2D eigenvalue weighted by atomic mass is 16.5. The van der Waals surface area contributed by atoms with Gasteiger partial charge in [0.2, 0.25) is 0 Å². The number of hydrogen-bond donors (Lipinski definition) is 1. The molecule has 0 radical (unpaired) electrons. The molecule has 1 aromatic carbocycles. The Morgan fingerprint density at radius 2 is 2.04 bits per heavy atom. The van der Waals surface area contributed by atoms with Crippen molar-refractivity contribution in [2.24, 2.45) is 0 Å². The Labute approximate surface area is 148 Å². The number of benzene rings is 1. The zero-order valence-corrected chi connectivity index (χ0v) is 14.8. The van der Waals surface area contributed by atoms with Crippen LogP contribution in [0.3, 0.4) is 0 Å². The molecule has 1 fully saturated rings. The lowest BCUT2D eigenvalue weighted by molar-refractivity contribution is 0.120. The van der Waals surface area contributed by atoms with Crippen LogP contribution in [0.4, 0.5) is 11.5 Å². The fourth-order valence-electron chi connectivity index (χ4n) is 3.30. The lowest BCUT2D eigenvalue weighted by atomic mass is 10.1. The van der Waals surface area contributed by atoms with Crippen LogP contribution in [0.2, 0.25) is 0 Å². The zero-order chi connectivity index (χ0) is 17.2. The van der Waals surface area contributed by atoms with E-state index in [1.807, 2.05) is 18.2 Å². The number of nitrogens with one attached hydrogen (secondary N) is 1. The van der Waals surface area contributed by atoms with Crippen molar-refractivity contribution in [3.8, 4) is 11.3 Å². The largest absolute Gasteiger partial charge is 0.378 e. The van der Waals surface area contributed by atoms with Gasteiger partial charge in [0.25, 0.3) is 0 Å². The minimum absolute atomic E-state index is 0.290. The number of rotatable bonds is 5. The third kappa shape index (κ3) is 3.20. The highest BCUT2D eigenvalue weighted by Gasteiger charge is 2.18. The van der Waals surface area contributed by atoms with Gasteiger partial charge in [0.05, 0.1) is 6.10 Å². The van der Waals surface area contributed by atoms with Crippen molar-refractivity contribution in [3.63, 3.8) is 0 Å².